The molecule has 0 atom stereocenters. The summed E-state index contributed by atoms with van der Waals surface area (Å²) in [5.41, 5.74) is -0.586. The highest BCUT2D eigenvalue weighted by Crippen LogP contribution is 2.41. The molecule has 0 saturated carbocycles. The number of hydrogen-bond donors (Lipinski definition) is 3. The van der Waals surface area contributed by atoms with Crippen molar-refractivity contribution in [2.24, 2.45) is 0 Å². The Morgan fingerprint density at radius 1 is 1.67 bits per heavy atom. The lowest BCUT2D eigenvalue weighted by Gasteiger charge is -2.03. The standard InChI is InChI=1S/C3H6NO4P/c1-3(4-2-5)9(6,7)8/h2H,1H2,(H,4,5)(H2,6,7,8). The molecular weight excluding hydrogens is 145 g/mol. The van der Waals surface area contributed by atoms with Gasteiger partial charge in [0.25, 0.3) is 0 Å². The van der Waals surface area contributed by atoms with Gasteiger partial charge in [0.15, 0.2) is 0 Å². The summed E-state index contributed by atoms with van der Waals surface area (Å²) in [7, 11) is -4.31. The van der Waals surface area contributed by atoms with E-state index in [-0.39, 0.29) is 6.41 Å². The molecule has 0 heterocycles. The molecule has 0 bridgehead atoms. The Morgan fingerprint density at radius 2 is 2.11 bits per heavy atom. The maximum absolute atomic E-state index is 10.1. The van der Waals surface area contributed by atoms with Crippen molar-refractivity contribution in [3.8, 4) is 0 Å². The molecule has 0 aliphatic rings. The Bertz CT molecular complexity index is 171. The zero-order chi connectivity index (χ0) is 7.49. The number of nitrogens with one attached hydrogen (secondary N) is 1. The second kappa shape index (κ2) is 2.77. The van der Waals surface area contributed by atoms with Crippen LogP contribution >= 0.6 is 7.60 Å². The molecule has 0 aliphatic heterocycles. The van der Waals surface area contributed by atoms with E-state index >= 15 is 0 Å². The van der Waals surface area contributed by atoms with Gasteiger partial charge in [-0.25, -0.2) is 0 Å². The van der Waals surface area contributed by atoms with Crippen LogP contribution in [0.4, 0.5) is 0 Å². The first-order valence-electron chi connectivity index (χ1n) is 1.93. The molecule has 1 amide bonds. The molecule has 6 heteroatoms. The van der Waals surface area contributed by atoms with Crippen LogP contribution in [0.1, 0.15) is 0 Å². The smallest absolute Gasteiger partial charge is 0.322 e. The Labute approximate surface area is 51.5 Å². The number of rotatable bonds is 3. The van der Waals surface area contributed by atoms with Crippen LogP contribution in [0.2, 0.25) is 0 Å². The quantitative estimate of drug-likeness (QED) is 0.370. The van der Waals surface area contributed by atoms with Gasteiger partial charge in [0.05, 0.1) is 0 Å². The van der Waals surface area contributed by atoms with E-state index < -0.39 is 13.0 Å². The summed E-state index contributed by atoms with van der Waals surface area (Å²) >= 11 is 0. The second-order valence-electron chi connectivity index (χ2n) is 1.25. The van der Waals surface area contributed by atoms with E-state index in [1.807, 2.05) is 0 Å². The van der Waals surface area contributed by atoms with Gasteiger partial charge in [-0.15, -0.1) is 0 Å². The Kier molecular flexibility index (Phi) is 2.58. The molecule has 0 spiro atoms. The maximum atomic E-state index is 10.1. The van der Waals surface area contributed by atoms with Crippen LogP contribution in [-0.4, -0.2) is 16.2 Å². The van der Waals surface area contributed by atoms with E-state index in [1.54, 1.807) is 5.32 Å². The molecule has 0 saturated heterocycles. The van der Waals surface area contributed by atoms with Crippen LogP contribution in [0.3, 0.4) is 0 Å². The van der Waals surface area contributed by atoms with E-state index in [4.69, 9.17) is 9.79 Å². The Morgan fingerprint density at radius 3 is 2.22 bits per heavy atom. The topological polar surface area (TPSA) is 86.6 Å². The average Bonchev–Trinajstić information content (AvgIpc) is 1.64. The maximum Gasteiger partial charge on any atom is 0.371 e. The number of carbonyl (C=O) groups excluding carboxylic acids is 1. The molecular formula is C3H6NO4P. The van der Waals surface area contributed by atoms with Crippen LogP contribution in [0, 0.1) is 0 Å². The van der Waals surface area contributed by atoms with Crippen molar-refractivity contribution in [1.82, 2.24) is 5.32 Å². The van der Waals surface area contributed by atoms with Crippen LogP contribution in [0.15, 0.2) is 12.0 Å². The second-order valence-corrected chi connectivity index (χ2v) is 2.88. The van der Waals surface area contributed by atoms with Crippen LogP contribution < -0.4 is 5.32 Å². The fourth-order valence-electron chi connectivity index (χ4n) is 0.152. The summed E-state index contributed by atoms with van der Waals surface area (Å²) in [5, 5.41) is 1.75. The van der Waals surface area contributed by atoms with E-state index in [2.05, 4.69) is 6.58 Å². The summed E-state index contributed by atoms with van der Waals surface area (Å²) in [6, 6.07) is 0. The van der Waals surface area contributed by atoms with Gasteiger partial charge in [-0.2, -0.15) is 0 Å². The largest absolute Gasteiger partial charge is 0.371 e. The molecule has 5 nitrogen and oxygen atoms in total. The summed E-state index contributed by atoms with van der Waals surface area (Å²) < 4.78 is 10.1. The third-order valence-corrected chi connectivity index (χ3v) is 1.41. The highest BCUT2D eigenvalue weighted by Gasteiger charge is 2.16. The minimum absolute atomic E-state index is 0.154. The van der Waals surface area contributed by atoms with E-state index in [9.17, 15) is 9.36 Å². The SMILES string of the molecule is C=C(NC=O)P(=O)(O)O. The van der Waals surface area contributed by atoms with E-state index in [0.29, 0.717) is 0 Å². The first-order chi connectivity index (χ1) is 3.98. The van der Waals surface area contributed by atoms with Crippen molar-refractivity contribution in [3.63, 3.8) is 0 Å². The van der Waals surface area contributed by atoms with Gasteiger partial charge in [0.2, 0.25) is 6.41 Å². The average molecular weight is 151 g/mol. The van der Waals surface area contributed by atoms with Gasteiger partial charge < -0.3 is 15.1 Å². The molecule has 52 valence electrons. The normalized spacial score (nSPS) is 10.4. The third kappa shape index (κ3) is 3.03. The zero-order valence-corrected chi connectivity index (χ0v) is 5.34. The van der Waals surface area contributed by atoms with Crippen molar-refractivity contribution in [2.45, 2.75) is 0 Å². The van der Waals surface area contributed by atoms with Crippen molar-refractivity contribution in [3.05, 3.63) is 12.0 Å². The first kappa shape index (κ1) is 8.36. The lowest BCUT2D eigenvalue weighted by Crippen LogP contribution is -2.08. The van der Waals surface area contributed by atoms with Crippen LogP contribution in [-0.2, 0) is 9.36 Å². The lowest BCUT2D eigenvalue weighted by molar-refractivity contribution is -0.108. The predicted octanol–water partition coefficient (Wildman–Crippen LogP) is -0.619. The van der Waals surface area contributed by atoms with Crippen LogP contribution in [0.25, 0.3) is 0 Å². The lowest BCUT2D eigenvalue weighted by atomic mass is 11.0. The van der Waals surface area contributed by atoms with Gasteiger partial charge in [-0.3, -0.25) is 9.36 Å². The van der Waals surface area contributed by atoms with Gasteiger partial charge >= 0.3 is 7.60 Å². The predicted molar refractivity (Wildman–Crippen MR) is 30.4 cm³/mol. The Balaban J connectivity index is 4.06. The summed E-state index contributed by atoms with van der Waals surface area (Å²) in [6.07, 6.45) is 0.154. The van der Waals surface area contributed by atoms with Crippen molar-refractivity contribution < 1.29 is 19.1 Å². The molecule has 0 aromatic rings. The number of hydrogen-bond acceptors (Lipinski definition) is 2. The molecule has 0 aliphatic carbocycles. The van der Waals surface area contributed by atoms with Gasteiger partial charge in [0.1, 0.15) is 5.44 Å². The first-order valence-corrected chi connectivity index (χ1v) is 3.55. The monoisotopic (exact) mass is 151 g/mol. The molecule has 0 radical (unpaired) electrons. The fraction of sp³-hybridized carbons (Fsp3) is 0. The van der Waals surface area contributed by atoms with Crippen molar-refractivity contribution in [1.29, 1.82) is 0 Å². The highest BCUT2D eigenvalue weighted by atomic mass is 31.2. The summed E-state index contributed by atoms with van der Waals surface area (Å²) in [4.78, 5) is 26.0. The van der Waals surface area contributed by atoms with Gasteiger partial charge in [-0.1, -0.05) is 6.58 Å². The number of amides is 1. The minimum atomic E-state index is -4.31. The molecule has 0 rings (SSSR count). The van der Waals surface area contributed by atoms with Gasteiger partial charge in [-0.05, 0) is 0 Å². The molecule has 3 N–H and O–H groups in total. The molecule has 0 unspecified atom stereocenters. The molecule has 9 heavy (non-hydrogen) atoms. The van der Waals surface area contributed by atoms with E-state index in [0.717, 1.165) is 0 Å². The van der Waals surface area contributed by atoms with E-state index in [1.165, 1.54) is 0 Å². The fourth-order valence-corrected chi connectivity index (χ4v) is 0.373. The minimum Gasteiger partial charge on any atom is -0.322 e. The van der Waals surface area contributed by atoms with Crippen molar-refractivity contribution >= 4 is 14.0 Å². The zero-order valence-electron chi connectivity index (χ0n) is 4.44. The molecule has 0 aromatic heterocycles. The highest BCUT2D eigenvalue weighted by molar-refractivity contribution is 7.56. The molecule has 0 aromatic carbocycles. The summed E-state index contributed by atoms with van der Waals surface area (Å²) in [6.45, 7) is 2.91. The van der Waals surface area contributed by atoms with Gasteiger partial charge in [0, 0.05) is 0 Å². The third-order valence-electron chi connectivity index (χ3n) is 0.577. The molecule has 0 fully saturated rings. The van der Waals surface area contributed by atoms with Crippen LogP contribution in [0.5, 0.6) is 0 Å². The van der Waals surface area contributed by atoms with Crippen molar-refractivity contribution in [2.75, 3.05) is 0 Å². The summed E-state index contributed by atoms with van der Waals surface area (Å²) in [5.74, 6) is 0. The number of carbonyl (C=O) groups is 1. The Hall–Kier alpha value is -0.640.